The molecule has 8 aromatic carbocycles. The molecule has 14 nitrogen and oxygen atoms in total. The van der Waals surface area contributed by atoms with Gasteiger partial charge in [-0.25, -0.2) is 15.6 Å². The second-order valence-electron chi connectivity index (χ2n) is 26.1. The van der Waals surface area contributed by atoms with Gasteiger partial charge in [-0.15, -0.1) is 0 Å². The van der Waals surface area contributed by atoms with Gasteiger partial charge in [0.15, 0.2) is 5.82 Å². The fourth-order valence-corrected chi connectivity index (χ4v) is 12.4. The van der Waals surface area contributed by atoms with Crippen LogP contribution in [-0.4, -0.2) is 80.1 Å². The Morgan fingerprint density at radius 2 is 1.06 bits per heavy atom. The zero-order valence-electron chi connectivity index (χ0n) is 57.0. The summed E-state index contributed by atoms with van der Waals surface area (Å²) in [5.41, 5.74) is 14.5. The van der Waals surface area contributed by atoms with Crippen LogP contribution in [0.1, 0.15) is 125 Å². The molecule has 2 aromatic heterocycles. The van der Waals surface area contributed by atoms with Crippen LogP contribution in [0, 0.1) is 0 Å². The summed E-state index contributed by atoms with van der Waals surface area (Å²) >= 11 is 0. The molecule has 492 valence electrons. The number of benzene rings is 8. The summed E-state index contributed by atoms with van der Waals surface area (Å²) in [6.45, 7) is 20.4. The first-order valence-electron chi connectivity index (χ1n) is 33.1. The Balaban J connectivity index is 0.00000496. The van der Waals surface area contributed by atoms with Crippen LogP contribution < -0.4 is 27.4 Å². The second-order valence-corrected chi connectivity index (χ2v) is 26.1. The molecule has 1 aliphatic rings. The number of nitrogens with one attached hydrogen (secondary N) is 1. The number of hydrogen-bond donors (Lipinski definition) is 3. The smallest absolute Gasteiger partial charge is 0.444 e. The van der Waals surface area contributed by atoms with E-state index in [1.807, 2.05) is 237 Å². The number of ether oxygens (including phenoxy) is 1. The molecule has 0 spiro atoms. The Bertz CT molecular complexity index is 3980. The molecule has 10 aromatic rings. The van der Waals surface area contributed by atoms with E-state index < -0.39 is 41.1 Å². The molecule has 1 aliphatic heterocycles. The van der Waals surface area contributed by atoms with Crippen molar-refractivity contribution in [2.75, 3.05) is 35.7 Å². The summed E-state index contributed by atoms with van der Waals surface area (Å²) in [4.78, 5) is 38.8. The molecule has 0 atom stereocenters. The molecule has 2 amide bonds. The van der Waals surface area contributed by atoms with Gasteiger partial charge in [0.2, 0.25) is 5.91 Å². The summed E-state index contributed by atoms with van der Waals surface area (Å²) in [6, 6.07) is 81.7. The summed E-state index contributed by atoms with van der Waals surface area (Å²) in [5, 5.41) is 10.4. The van der Waals surface area contributed by atoms with Gasteiger partial charge >= 0.3 is 13.2 Å². The highest BCUT2D eigenvalue weighted by Crippen LogP contribution is 2.47. The molecule has 0 bridgehead atoms. The average Bonchev–Trinajstić information content (AvgIpc) is 0.960. The van der Waals surface area contributed by atoms with Gasteiger partial charge in [0.05, 0.1) is 23.4 Å². The number of rotatable bonds is 23. The number of carbonyl (C=O) groups excluding carboxylic acids is 2. The summed E-state index contributed by atoms with van der Waals surface area (Å²) in [7, 11) is -0.536. The number of nitrogen functional groups attached to an aromatic ring is 1. The van der Waals surface area contributed by atoms with Gasteiger partial charge < -0.3 is 30.0 Å². The van der Waals surface area contributed by atoms with Crippen LogP contribution in [0.5, 0.6) is 0 Å². The van der Waals surface area contributed by atoms with E-state index in [0.29, 0.717) is 36.5 Å². The van der Waals surface area contributed by atoms with Crippen molar-refractivity contribution in [3.63, 3.8) is 0 Å². The lowest BCUT2D eigenvalue weighted by Gasteiger charge is -2.44. The maximum absolute atomic E-state index is 15.3. The van der Waals surface area contributed by atoms with Crippen LogP contribution in [0.2, 0.25) is 0 Å². The van der Waals surface area contributed by atoms with Gasteiger partial charge in [0.1, 0.15) is 29.0 Å². The second kappa shape index (κ2) is 30.1. The third-order valence-electron chi connectivity index (χ3n) is 17.9. The largest absolute Gasteiger partial charge is 0.498 e. The number of nitrogens with two attached hydrogens (primary N) is 2. The maximum Gasteiger partial charge on any atom is 0.498 e. The van der Waals surface area contributed by atoms with Crippen molar-refractivity contribution in [1.82, 2.24) is 24.6 Å². The number of anilines is 3. The van der Waals surface area contributed by atoms with Gasteiger partial charge in [-0.2, -0.15) is 5.10 Å². The van der Waals surface area contributed by atoms with Crippen LogP contribution in [-0.2, 0) is 49.4 Å². The summed E-state index contributed by atoms with van der Waals surface area (Å²) in [6.07, 6.45) is 5.61. The molecule has 1 saturated heterocycles. The maximum atomic E-state index is 15.3. The van der Waals surface area contributed by atoms with Crippen LogP contribution in [0.4, 0.5) is 22.1 Å². The van der Waals surface area contributed by atoms with E-state index in [9.17, 15) is 4.79 Å². The van der Waals surface area contributed by atoms with Crippen molar-refractivity contribution in [3.8, 4) is 0 Å². The van der Waals surface area contributed by atoms with Gasteiger partial charge in [0, 0.05) is 43.1 Å². The number of hydrazine groups is 1. The predicted molar refractivity (Wildman–Crippen MR) is 389 cm³/mol. The van der Waals surface area contributed by atoms with Crippen molar-refractivity contribution >= 4 is 47.5 Å². The number of hydrogen-bond acceptors (Lipinski definition) is 11. The fourth-order valence-electron chi connectivity index (χ4n) is 12.4. The highest BCUT2D eigenvalue weighted by atomic mass is 16.7. The molecule has 1 fully saturated rings. The first-order chi connectivity index (χ1) is 46.2. The Hall–Kier alpha value is -10.1. The lowest BCUT2D eigenvalue weighted by molar-refractivity contribution is -0.132. The number of pyridine rings is 1. The Morgan fingerprint density at radius 1 is 0.615 bits per heavy atom. The monoisotopic (exact) mass is 1280 g/mol. The quantitative estimate of drug-likeness (QED) is 0.0241. The van der Waals surface area contributed by atoms with E-state index in [0.717, 1.165) is 55.5 Å². The van der Waals surface area contributed by atoms with Gasteiger partial charge in [-0.05, 0) is 124 Å². The zero-order valence-corrected chi connectivity index (χ0v) is 57.0. The van der Waals surface area contributed by atoms with Gasteiger partial charge in [0.25, 0.3) is 0 Å². The van der Waals surface area contributed by atoms with Crippen LogP contribution in [0.25, 0.3) is 5.57 Å². The predicted octanol–water partition coefficient (Wildman–Crippen LogP) is 15.2. The third kappa shape index (κ3) is 15.4. The van der Waals surface area contributed by atoms with E-state index >= 15 is 4.79 Å². The van der Waals surface area contributed by atoms with E-state index in [4.69, 9.17) is 30.6 Å². The molecule has 15 heteroatoms. The van der Waals surface area contributed by atoms with Crippen molar-refractivity contribution in [2.24, 2.45) is 5.84 Å². The minimum absolute atomic E-state index is 0.0253. The fraction of sp³-hybridized carbons (Fsp3) is 0.259. The van der Waals surface area contributed by atoms with Crippen molar-refractivity contribution in [3.05, 3.63) is 317 Å². The van der Waals surface area contributed by atoms with Crippen molar-refractivity contribution in [1.29, 1.82) is 0 Å². The summed E-state index contributed by atoms with van der Waals surface area (Å²) in [5.74, 6) is 8.40. The molecule has 5 N–H and O–H groups in total. The molecular weight excluding hydrogens is 1190 g/mol. The topological polar surface area (TPSA) is 166 Å². The lowest BCUT2D eigenvalue weighted by atomic mass is 9.76. The zero-order chi connectivity index (χ0) is 68.1. The molecule has 0 saturated carbocycles. The van der Waals surface area contributed by atoms with Crippen LogP contribution >= 0.6 is 0 Å². The molecule has 11 rings (SSSR count). The van der Waals surface area contributed by atoms with E-state index in [1.165, 1.54) is 4.90 Å². The molecule has 3 heterocycles. The number of carbonyl (C=O) groups is 2. The van der Waals surface area contributed by atoms with Crippen LogP contribution in [0.3, 0.4) is 0 Å². The normalized spacial score (nSPS) is 13.7. The van der Waals surface area contributed by atoms with E-state index in [1.54, 1.807) is 11.2 Å². The van der Waals surface area contributed by atoms with Crippen molar-refractivity contribution in [2.45, 2.75) is 117 Å². The summed E-state index contributed by atoms with van der Waals surface area (Å²) < 4.78 is 20.6. The lowest BCUT2D eigenvalue weighted by Crippen LogP contribution is -2.53. The van der Waals surface area contributed by atoms with E-state index in [-0.39, 0.29) is 37.0 Å². The number of aromatic nitrogens is 3. The minimum atomic E-state index is -1.20. The number of nitrogens with zero attached hydrogens (tertiary/aromatic N) is 6. The van der Waals surface area contributed by atoms with Crippen molar-refractivity contribution < 1.29 is 23.6 Å². The van der Waals surface area contributed by atoms with Gasteiger partial charge in [-0.3, -0.25) is 19.4 Å². The minimum Gasteiger partial charge on any atom is -0.444 e. The first-order valence-corrected chi connectivity index (χ1v) is 33.1. The highest BCUT2D eigenvalue weighted by Gasteiger charge is 2.52. The molecule has 0 radical (unpaired) electrons. The standard InChI is InChI=1S/C79H84BN9O5.C2H6/c1-58(47-49-87(74(91)92-75(2,3)4)57-71(90)86(50-48-59-31-16-9-17-32-59)54-60-33-30-34-61(51-60)55-88-56-68(53-83-88)80-93-76(5,6)77(7,8)94-80)69-52-70(85-78(62-35-18-10-19-36-62,63-37-20-11-21-38-63)64-39-22-12-23-40-64)84-73(72(69)81)89(82)79(65-41-24-13-25-42-65,66-43-26-14-27-44-66)67-45-28-15-29-46-67;1-2/h9-47,51-53,56H,48-50,54-55,57,81-82H2,1-8H3,(H,84,85);1-2H3/b58-47+;. The highest BCUT2D eigenvalue weighted by molar-refractivity contribution is 6.62. The number of allylic oxidation sites excluding steroid dienone is 1. The average molecular weight is 1280 g/mol. The molecule has 96 heavy (non-hydrogen) atoms. The Labute approximate surface area is 567 Å². The molecule has 0 aliphatic carbocycles. The molecule has 0 unspecified atom stereocenters. The van der Waals surface area contributed by atoms with E-state index in [2.05, 4.69) is 107 Å². The Morgan fingerprint density at radius 3 is 1.54 bits per heavy atom. The third-order valence-corrected chi connectivity index (χ3v) is 17.9. The SMILES string of the molecule is C/C(=C\CN(CC(=O)N(CCc1ccccc1)Cc1cccc(Cn2cc(B3OC(C)(C)C(C)(C)O3)cn2)c1)C(=O)OC(C)(C)C)c1cc(NC(c2ccccc2)(c2ccccc2)c2ccccc2)nc(N(N)C(c2ccccc2)(c2ccccc2)c2ccccc2)c1N.CC. The molecular formula is C81H90BN9O5. The number of amides is 2. The van der Waals surface area contributed by atoms with Gasteiger partial charge in [-0.1, -0.05) is 257 Å². The Kier molecular flexibility index (Phi) is 21.6. The van der Waals surface area contributed by atoms with Crippen LogP contribution in [0.15, 0.2) is 261 Å². The first kappa shape index (κ1) is 68.8.